The molecule has 0 saturated carbocycles. The number of rotatable bonds is 5. The van der Waals surface area contributed by atoms with Crippen LogP contribution >= 0.6 is 15.9 Å². The van der Waals surface area contributed by atoms with Crippen molar-refractivity contribution in [3.05, 3.63) is 22.4 Å². The van der Waals surface area contributed by atoms with Gasteiger partial charge in [0.1, 0.15) is 5.69 Å². The molecule has 2 rings (SSSR count). The third-order valence-electron chi connectivity index (χ3n) is 3.79. The van der Waals surface area contributed by atoms with Gasteiger partial charge in [0, 0.05) is 35.8 Å². The first-order chi connectivity index (χ1) is 9.54. The number of hydrogen-bond donors (Lipinski definition) is 1. The van der Waals surface area contributed by atoms with E-state index in [-0.39, 0.29) is 11.9 Å². The van der Waals surface area contributed by atoms with Gasteiger partial charge in [0.05, 0.1) is 0 Å². The maximum absolute atomic E-state index is 12.9. The lowest BCUT2D eigenvalue weighted by atomic mass is 10.2. The van der Waals surface area contributed by atoms with Gasteiger partial charge in [-0.25, -0.2) is 0 Å². The zero-order valence-corrected chi connectivity index (χ0v) is 14.1. The topological polar surface area (TPSA) is 37.3 Å². The van der Waals surface area contributed by atoms with Crippen LogP contribution in [0.2, 0.25) is 0 Å². The number of hydrogen-bond acceptors (Lipinski definition) is 2. The van der Waals surface area contributed by atoms with E-state index >= 15 is 0 Å². The quantitative estimate of drug-likeness (QED) is 0.893. The summed E-state index contributed by atoms with van der Waals surface area (Å²) in [6.07, 6.45) is 4.04. The Hall–Kier alpha value is -0.810. The van der Waals surface area contributed by atoms with Gasteiger partial charge < -0.3 is 14.8 Å². The second-order valence-electron chi connectivity index (χ2n) is 5.69. The Labute approximate surface area is 129 Å². The lowest BCUT2D eigenvalue weighted by Gasteiger charge is -2.29. The standard InChI is InChI=1S/C15H24BrN3O/c1-4-7-18(13-5-6-17-9-13)15(20)14-8-12(16)10-19(14)11(2)3/h8,10-11,13,17H,4-7,9H2,1-3H3. The molecule has 0 radical (unpaired) electrons. The molecule has 20 heavy (non-hydrogen) atoms. The normalized spacial score (nSPS) is 18.8. The van der Waals surface area contributed by atoms with E-state index in [0.29, 0.717) is 6.04 Å². The van der Waals surface area contributed by atoms with Gasteiger partial charge in [0.2, 0.25) is 0 Å². The van der Waals surface area contributed by atoms with Gasteiger partial charge in [-0.1, -0.05) is 6.92 Å². The summed E-state index contributed by atoms with van der Waals surface area (Å²) in [6, 6.07) is 2.55. The van der Waals surface area contributed by atoms with Gasteiger partial charge in [-0.2, -0.15) is 0 Å². The number of amides is 1. The molecule has 2 heterocycles. The zero-order valence-electron chi connectivity index (χ0n) is 12.5. The molecule has 1 amide bonds. The number of carbonyl (C=O) groups excluding carboxylic acids is 1. The van der Waals surface area contributed by atoms with Crippen LogP contribution in [0.25, 0.3) is 0 Å². The monoisotopic (exact) mass is 341 g/mol. The van der Waals surface area contributed by atoms with Gasteiger partial charge in [-0.05, 0) is 55.2 Å². The van der Waals surface area contributed by atoms with E-state index < -0.39 is 0 Å². The van der Waals surface area contributed by atoms with Crippen molar-refractivity contribution in [1.82, 2.24) is 14.8 Å². The number of nitrogens with one attached hydrogen (secondary N) is 1. The summed E-state index contributed by atoms with van der Waals surface area (Å²) >= 11 is 3.49. The molecular weight excluding hydrogens is 318 g/mol. The number of aromatic nitrogens is 1. The highest BCUT2D eigenvalue weighted by Crippen LogP contribution is 2.22. The molecule has 0 spiro atoms. The fourth-order valence-corrected chi connectivity index (χ4v) is 3.23. The van der Waals surface area contributed by atoms with Crippen molar-refractivity contribution < 1.29 is 4.79 Å². The van der Waals surface area contributed by atoms with E-state index in [1.807, 2.05) is 17.2 Å². The highest BCUT2D eigenvalue weighted by Gasteiger charge is 2.28. The summed E-state index contributed by atoms with van der Waals surface area (Å²) in [4.78, 5) is 15.0. The molecule has 112 valence electrons. The molecule has 0 aromatic carbocycles. The summed E-state index contributed by atoms with van der Waals surface area (Å²) in [7, 11) is 0. The van der Waals surface area contributed by atoms with Crippen LogP contribution in [0.1, 0.15) is 50.1 Å². The number of halogens is 1. The Kier molecular flexibility index (Phi) is 5.27. The van der Waals surface area contributed by atoms with Crippen LogP contribution in [-0.2, 0) is 0 Å². The van der Waals surface area contributed by atoms with Crippen molar-refractivity contribution in [3.63, 3.8) is 0 Å². The molecule has 1 unspecified atom stereocenters. The van der Waals surface area contributed by atoms with Crippen LogP contribution < -0.4 is 5.32 Å². The Morgan fingerprint density at radius 1 is 1.60 bits per heavy atom. The second kappa shape index (κ2) is 6.76. The van der Waals surface area contributed by atoms with Crippen LogP contribution in [0.5, 0.6) is 0 Å². The molecule has 1 aliphatic heterocycles. The van der Waals surface area contributed by atoms with Gasteiger partial charge in [0.25, 0.3) is 5.91 Å². The highest BCUT2D eigenvalue weighted by atomic mass is 79.9. The zero-order chi connectivity index (χ0) is 14.7. The fraction of sp³-hybridized carbons (Fsp3) is 0.667. The van der Waals surface area contributed by atoms with Crippen LogP contribution in [0.4, 0.5) is 0 Å². The number of nitrogens with zero attached hydrogens (tertiary/aromatic N) is 2. The number of carbonyl (C=O) groups is 1. The van der Waals surface area contributed by atoms with E-state index in [2.05, 4.69) is 46.6 Å². The largest absolute Gasteiger partial charge is 0.340 e. The van der Waals surface area contributed by atoms with E-state index in [1.165, 1.54) is 0 Å². The third kappa shape index (κ3) is 3.26. The molecule has 1 fully saturated rings. The lowest BCUT2D eigenvalue weighted by Crippen LogP contribution is -2.42. The predicted octanol–water partition coefficient (Wildman–Crippen LogP) is 3.05. The van der Waals surface area contributed by atoms with Gasteiger partial charge in [-0.15, -0.1) is 0 Å². The molecule has 1 N–H and O–H groups in total. The summed E-state index contributed by atoms with van der Waals surface area (Å²) in [5, 5.41) is 3.35. The maximum Gasteiger partial charge on any atom is 0.270 e. The molecule has 5 heteroatoms. The third-order valence-corrected chi connectivity index (χ3v) is 4.22. The van der Waals surface area contributed by atoms with E-state index in [0.717, 1.165) is 42.6 Å². The van der Waals surface area contributed by atoms with Crippen molar-refractivity contribution in [2.24, 2.45) is 0 Å². The van der Waals surface area contributed by atoms with E-state index in [9.17, 15) is 4.79 Å². The van der Waals surface area contributed by atoms with Gasteiger partial charge in [0.15, 0.2) is 0 Å². The Morgan fingerprint density at radius 3 is 2.90 bits per heavy atom. The Balaban J connectivity index is 2.26. The first-order valence-corrected chi connectivity index (χ1v) is 8.23. The Morgan fingerprint density at radius 2 is 2.35 bits per heavy atom. The summed E-state index contributed by atoms with van der Waals surface area (Å²) < 4.78 is 3.02. The van der Waals surface area contributed by atoms with Crippen LogP contribution in [0.3, 0.4) is 0 Å². The van der Waals surface area contributed by atoms with Gasteiger partial charge in [-0.3, -0.25) is 4.79 Å². The molecule has 0 aliphatic carbocycles. The summed E-state index contributed by atoms with van der Waals surface area (Å²) in [5.74, 6) is 0.153. The molecule has 1 aromatic rings. The predicted molar refractivity (Wildman–Crippen MR) is 85.1 cm³/mol. The van der Waals surface area contributed by atoms with Crippen molar-refractivity contribution in [2.75, 3.05) is 19.6 Å². The SMILES string of the molecule is CCCN(C(=O)c1cc(Br)cn1C(C)C)C1CCNC1. The van der Waals surface area contributed by atoms with Crippen molar-refractivity contribution in [3.8, 4) is 0 Å². The van der Waals surface area contributed by atoms with Crippen molar-refractivity contribution in [2.45, 2.75) is 45.7 Å². The molecular formula is C15H24BrN3O. The minimum absolute atomic E-state index is 0.153. The summed E-state index contributed by atoms with van der Waals surface area (Å²) in [6.45, 7) is 9.07. The smallest absolute Gasteiger partial charge is 0.270 e. The second-order valence-corrected chi connectivity index (χ2v) is 6.61. The summed E-state index contributed by atoms with van der Waals surface area (Å²) in [5.41, 5.74) is 0.784. The minimum Gasteiger partial charge on any atom is -0.340 e. The minimum atomic E-state index is 0.153. The molecule has 1 atom stereocenters. The highest BCUT2D eigenvalue weighted by molar-refractivity contribution is 9.10. The van der Waals surface area contributed by atoms with Gasteiger partial charge >= 0.3 is 0 Å². The maximum atomic E-state index is 12.9. The molecule has 4 nitrogen and oxygen atoms in total. The molecule has 1 aromatic heterocycles. The van der Waals surface area contributed by atoms with Crippen LogP contribution in [-0.4, -0.2) is 41.1 Å². The average Bonchev–Trinajstić information content (AvgIpc) is 3.04. The molecule has 0 bridgehead atoms. The first-order valence-electron chi connectivity index (χ1n) is 7.43. The van der Waals surface area contributed by atoms with E-state index in [1.54, 1.807) is 0 Å². The first kappa shape index (κ1) is 15.6. The average molecular weight is 342 g/mol. The Bertz CT molecular complexity index is 464. The lowest BCUT2D eigenvalue weighted by molar-refractivity contribution is 0.0679. The van der Waals surface area contributed by atoms with E-state index in [4.69, 9.17) is 0 Å². The van der Waals surface area contributed by atoms with Crippen molar-refractivity contribution in [1.29, 1.82) is 0 Å². The van der Waals surface area contributed by atoms with Crippen LogP contribution in [0.15, 0.2) is 16.7 Å². The van der Waals surface area contributed by atoms with Crippen LogP contribution in [0, 0.1) is 0 Å². The van der Waals surface area contributed by atoms with Crippen molar-refractivity contribution >= 4 is 21.8 Å². The fourth-order valence-electron chi connectivity index (χ4n) is 2.79. The molecule has 1 aliphatic rings. The molecule has 1 saturated heterocycles.